The number of nitrogens with zero attached hydrogens (tertiary/aromatic N) is 5. The molecule has 4 heterocycles. The van der Waals surface area contributed by atoms with Crippen LogP contribution in [0.15, 0.2) is 24.4 Å². The normalized spacial score (nSPS) is 18.6. The molecule has 5 rings (SSSR count). The molecule has 3 aromatic rings. The second kappa shape index (κ2) is 7.66. The van der Waals surface area contributed by atoms with Crippen molar-refractivity contribution in [3.63, 3.8) is 0 Å². The van der Waals surface area contributed by atoms with Gasteiger partial charge in [-0.05, 0) is 44.4 Å². The highest BCUT2D eigenvalue weighted by atomic mass is 19.1. The lowest BCUT2D eigenvalue weighted by Gasteiger charge is -2.35. The number of carbonyl (C=O) groups excluding carboxylic acids is 1. The summed E-state index contributed by atoms with van der Waals surface area (Å²) in [7, 11) is 0. The molecular formula is C22H24FN5O2. The van der Waals surface area contributed by atoms with Crippen LogP contribution in [-0.4, -0.2) is 45.4 Å². The Labute approximate surface area is 173 Å². The number of aromatic nitrogens is 4. The minimum absolute atomic E-state index is 0.213. The van der Waals surface area contributed by atoms with Gasteiger partial charge >= 0.3 is 5.97 Å². The number of hydrogen-bond acceptors (Lipinski definition) is 6. The maximum atomic E-state index is 14.1. The molecule has 0 N–H and O–H groups in total. The molecule has 1 aromatic carbocycles. The zero-order valence-corrected chi connectivity index (χ0v) is 17.0. The van der Waals surface area contributed by atoms with Gasteiger partial charge in [-0.1, -0.05) is 0 Å². The molecule has 0 bridgehead atoms. The summed E-state index contributed by atoms with van der Waals surface area (Å²) in [5, 5.41) is 9.47. The summed E-state index contributed by atoms with van der Waals surface area (Å²) in [5.41, 5.74) is 1.73. The molecule has 2 aliphatic rings. The van der Waals surface area contributed by atoms with Gasteiger partial charge in [0.2, 0.25) is 0 Å². The van der Waals surface area contributed by atoms with E-state index in [-0.39, 0.29) is 18.3 Å². The lowest BCUT2D eigenvalue weighted by molar-refractivity contribution is 0.0526. The molecule has 30 heavy (non-hydrogen) atoms. The van der Waals surface area contributed by atoms with E-state index in [1.165, 1.54) is 12.1 Å². The molecule has 156 valence electrons. The second-order valence-corrected chi connectivity index (χ2v) is 7.92. The highest BCUT2D eigenvalue weighted by Gasteiger charge is 2.31. The van der Waals surface area contributed by atoms with Gasteiger partial charge in [0.15, 0.2) is 0 Å². The smallest absolute Gasteiger partial charge is 0.341 e. The predicted molar refractivity (Wildman–Crippen MR) is 110 cm³/mol. The molecule has 8 heteroatoms. The van der Waals surface area contributed by atoms with Gasteiger partial charge < -0.3 is 14.2 Å². The van der Waals surface area contributed by atoms with Crippen molar-refractivity contribution in [1.82, 2.24) is 19.7 Å². The Kier molecular flexibility index (Phi) is 4.84. The van der Waals surface area contributed by atoms with Crippen molar-refractivity contribution < 1.29 is 13.9 Å². The van der Waals surface area contributed by atoms with Crippen LogP contribution in [0, 0.1) is 5.82 Å². The lowest BCUT2D eigenvalue weighted by Crippen LogP contribution is -2.36. The Bertz CT molecular complexity index is 1110. The van der Waals surface area contributed by atoms with E-state index in [1.807, 2.05) is 0 Å². The molecule has 0 radical (unpaired) electrons. The number of hydrogen-bond donors (Lipinski definition) is 0. The Hall–Kier alpha value is -3.03. The number of esters is 1. The summed E-state index contributed by atoms with van der Waals surface area (Å²) >= 11 is 0. The number of carbonyl (C=O) groups is 1. The SMILES string of the molecule is CCOC(=O)c1cnc2ccc(F)cc2c1N1CCCC(c2nnc3n2CCC3)C1. The van der Waals surface area contributed by atoms with Crippen molar-refractivity contribution in [2.45, 2.75) is 45.1 Å². The first-order chi connectivity index (χ1) is 14.7. The van der Waals surface area contributed by atoms with E-state index < -0.39 is 5.97 Å². The van der Waals surface area contributed by atoms with Crippen LogP contribution in [0.5, 0.6) is 0 Å². The molecule has 0 spiro atoms. The van der Waals surface area contributed by atoms with Crippen molar-refractivity contribution >= 4 is 22.6 Å². The summed E-state index contributed by atoms with van der Waals surface area (Å²) in [5.74, 6) is 1.51. The number of anilines is 1. The first-order valence-corrected chi connectivity index (χ1v) is 10.6. The maximum Gasteiger partial charge on any atom is 0.341 e. The highest BCUT2D eigenvalue weighted by molar-refractivity contribution is 6.05. The zero-order chi connectivity index (χ0) is 20.7. The number of halogens is 1. The molecular weight excluding hydrogens is 385 g/mol. The van der Waals surface area contributed by atoms with Gasteiger partial charge in [-0.2, -0.15) is 0 Å². The fourth-order valence-corrected chi connectivity index (χ4v) is 4.72. The standard InChI is InChI=1S/C22H24FN5O2/c1-2-30-22(29)17-12-24-18-8-7-15(23)11-16(18)20(17)27-9-3-5-14(13-27)21-26-25-19-6-4-10-28(19)21/h7-8,11-12,14H,2-6,9-10,13H2,1H3. The van der Waals surface area contributed by atoms with Gasteiger partial charge in [-0.25, -0.2) is 9.18 Å². The van der Waals surface area contributed by atoms with Gasteiger partial charge in [-0.15, -0.1) is 10.2 Å². The van der Waals surface area contributed by atoms with E-state index in [1.54, 1.807) is 19.2 Å². The van der Waals surface area contributed by atoms with E-state index >= 15 is 0 Å². The van der Waals surface area contributed by atoms with Crippen LogP contribution in [0.25, 0.3) is 10.9 Å². The minimum Gasteiger partial charge on any atom is -0.462 e. The van der Waals surface area contributed by atoms with Gasteiger partial charge in [-0.3, -0.25) is 4.98 Å². The van der Waals surface area contributed by atoms with Gasteiger partial charge in [0.05, 0.1) is 17.8 Å². The molecule has 7 nitrogen and oxygen atoms in total. The summed E-state index contributed by atoms with van der Waals surface area (Å²) in [4.78, 5) is 19.2. The topological polar surface area (TPSA) is 73.1 Å². The van der Waals surface area contributed by atoms with E-state index in [4.69, 9.17) is 4.74 Å². The van der Waals surface area contributed by atoms with Crippen molar-refractivity contribution in [2.75, 3.05) is 24.6 Å². The number of rotatable bonds is 4. The number of pyridine rings is 1. The maximum absolute atomic E-state index is 14.1. The van der Waals surface area contributed by atoms with Crippen LogP contribution in [-0.2, 0) is 17.7 Å². The number of benzene rings is 1. The molecule has 2 aliphatic heterocycles. The van der Waals surface area contributed by atoms with Gasteiger partial charge in [0.1, 0.15) is 23.0 Å². The fraction of sp³-hybridized carbons (Fsp3) is 0.455. The number of ether oxygens (including phenoxy) is 1. The Morgan fingerprint density at radius 2 is 2.17 bits per heavy atom. The van der Waals surface area contributed by atoms with Crippen LogP contribution < -0.4 is 4.90 Å². The quantitative estimate of drug-likeness (QED) is 0.615. The molecule has 0 saturated carbocycles. The van der Waals surface area contributed by atoms with Crippen LogP contribution in [0.1, 0.15) is 54.1 Å². The third-order valence-electron chi connectivity index (χ3n) is 6.04. The molecule has 0 amide bonds. The third kappa shape index (κ3) is 3.20. The van der Waals surface area contributed by atoms with Crippen LogP contribution >= 0.6 is 0 Å². The molecule has 0 aliphatic carbocycles. The molecule has 2 aromatic heterocycles. The molecule has 1 atom stereocenters. The van der Waals surface area contributed by atoms with E-state index in [0.717, 1.165) is 50.4 Å². The van der Waals surface area contributed by atoms with Crippen LogP contribution in [0.3, 0.4) is 0 Å². The largest absolute Gasteiger partial charge is 0.462 e. The Balaban J connectivity index is 1.57. The van der Waals surface area contributed by atoms with Crippen molar-refractivity contribution in [2.24, 2.45) is 0 Å². The van der Waals surface area contributed by atoms with E-state index in [9.17, 15) is 9.18 Å². The van der Waals surface area contributed by atoms with Crippen molar-refractivity contribution in [3.05, 3.63) is 47.4 Å². The zero-order valence-electron chi connectivity index (χ0n) is 17.0. The van der Waals surface area contributed by atoms with E-state index in [2.05, 4.69) is 24.6 Å². The molecule has 1 saturated heterocycles. The first kappa shape index (κ1) is 19.0. The summed E-state index contributed by atoms with van der Waals surface area (Å²) < 4.78 is 21.6. The number of fused-ring (bicyclic) bond motifs is 2. The predicted octanol–water partition coefficient (Wildman–Crippen LogP) is 3.47. The average Bonchev–Trinajstić information content (AvgIpc) is 3.37. The Morgan fingerprint density at radius 1 is 1.27 bits per heavy atom. The third-order valence-corrected chi connectivity index (χ3v) is 6.04. The van der Waals surface area contributed by atoms with Gasteiger partial charge in [0.25, 0.3) is 0 Å². The van der Waals surface area contributed by atoms with Crippen LogP contribution in [0.2, 0.25) is 0 Å². The summed E-state index contributed by atoms with van der Waals surface area (Å²) in [6.45, 7) is 4.48. The molecule has 1 fully saturated rings. The Morgan fingerprint density at radius 3 is 3.03 bits per heavy atom. The average molecular weight is 409 g/mol. The van der Waals surface area contributed by atoms with Crippen molar-refractivity contribution in [3.8, 4) is 0 Å². The van der Waals surface area contributed by atoms with Crippen LogP contribution in [0.4, 0.5) is 10.1 Å². The summed E-state index contributed by atoms with van der Waals surface area (Å²) in [6.07, 6.45) is 5.60. The number of aryl methyl sites for hydroxylation is 1. The first-order valence-electron chi connectivity index (χ1n) is 10.6. The fourth-order valence-electron chi connectivity index (χ4n) is 4.72. The van der Waals surface area contributed by atoms with E-state index in [0.29, 0.717) is 28.7 Å². The second-order valence-electron chi connectivity index (χ2n) is 7.92. The minimum atomic E-state index is -0.434. The summed E-state index contributed by atoms with van der Waals surface area (Å²) in [6, 6.07) is 4.50. The lowest BCUT2D eigenvalue weighted by atomic mass is 9.95. The van der Waals surface area contributed by atoms with Crippen molar-refractivity contribution in [1.29, 1.82) is 0 Å². The highest BCUT2D eigenvalue weighted by Crippen LogP contribution is 2.36. The monoisotopic (exact) mass is 409 g/mol. The number of piperidine rings is 1. The molecule has 1 unspecified atom stereocenters. The van der Waals surface area contributed by atoms with Gasteiger partial charge in [0, 0.05) is 43.6 Å².